The van der Waals surface area contributed by atoms with Gasteiger partial charge in [0, 0.05) is 22.9 Å². The van der Waals surface area contributed by atoms with Crippen LogP contribution >= 0.6 is 23.4 Å². The summed E-state index contributed by atoms with van der Waals surface area (Å²) >= 11 is 7.36. The van der Waals surface area contributed by atoms with Crippen LogP contribution in [0.4, 0.5) is 11.4 Å². The number of rotatable bonds is 5. The standard InChI is InChI=1S/C19H19ClN2O2S/c1-13(25-15-10-8-14(20)9-11-15)19(24)21-16-5-2-3-6-17(16)22-12-4-7-18(22)23/h2-3,5-6,8-11,13H,4,7,12H2,1H3,(H,21,24). The molecule has 1 unspecified atom stereocenters. The molecule has 130 valence electrons. The van der Waals surface area contributed by atoms with E-state index in [1.54, 1.807) is 4.90 Å². The number of anilines is 2. The highest BCUT2D eigenvalue weighted by molar-refractivity contribution is 8.00. The zero-order valence-electron chi connectivity index (χ0n) is 13.9. The molecule has 2 amide bonds. The highest BCUT2D eigenvalue weighted by Gasteiger charge is 2.25. The molecular formula is C19H19ClN2O2S. The van der Waals surface area contributed by atoms with Crippen LogP contribution in [0.15, 0.2) is 53.4 Å². The maximum absolute atomic E-state index is 12.6. The molecule has 0 aromatic heterocycles. The third-order valence-corrected chi connectivity index (χ3v) is 5.39. The normalized spacial score (nSPS) is 15.3. The minimum Gasteiger partial charge on any atom is -0.323 e. The number of thioether (sulfide) groups is 1. The van der Waals surface area contributed by atoms with Gasteiger partial charge < -0.3 is 10.2 Å². The van der Waals surface area contributed by atoms with E-state index in [4.69, 9.17) is 11.6 Å². The maximum Gasteiger partial charge on any atom is 0.237 e. The number of para-hydroxylation sites is 2. The second-order valence-corrected chi connectivity index (χ2v) is 7.72. The first-order valence-electron chi connectivity index (χ1n) is 8.17. The highest BCUT2D eigenvalue weighted by atomic mass is 35.5. The molecule has 1 saturated heterocycles. The van der Waals surface area contributed by atoms with Gasteiger partial charge in [-0.2, -0.15) is 0 Å². The lowest BCUT2D eigenvalue weighted by Crippen LogP contribution is -2.27. The Hall–Kier alpha value is -1.98. The maximum atomic E-state index is 12.6. The lowest BCUT2D eigenvalue weighted by molar-refractivity contribution is -0.117. The van der Waals surface area contributed by atoms with Crippen LogP contribution in [-0.4, -0.2) is 23.6 Å². The Labute approximate surface area is 156 Å². The number of benzene rings is 2. The second-order valence-electron chi connectivity index (χ2n) is 5.87. The van der Waals surface area contributed by atoms with Crippen LogP contribution in [0.5, 0.6) is 0 Å². The van der Waals surface area contributed by atoms with Gasteiger partial charge in [0.1, 0.15) is 0 Å². The molecule has 0 aliphatic carbocycles. The van der Waals surface area contributed by atoms with E-state index in [9.17, 15) is 9.59 Å². The van der Waals surface area contributed by atoms with Crippen molar-refractivity contribution >= 4 is 46.6 Å². The molecular weight excluding hydrogens is 356 g/mol. The third kappa shape index (κ3) is 4.35. The number of nitrogens with one attached hydrogen (secondary N) is 1. The van der Waals surface area contributed by atoms with Gasteiger partial charge in [-0.1, -0.05) is 23.7 Å². The molecule has 0 spiro atoms. The number of carbonyl (C=O) groups excluding carboxylic acids is 2. The number of carbonyl (C=O) groups is 2. The molecule has 3 rings (SSSR count). The van der Waals surface area contributed by atoms with Crippen LogP contribution in [0.3, 0.4) is 0 Å². The summed E-state index contributed by atoms with van der Waals surface area (Å²) in [6, 6.07) is 14.8. The first-order valence-corrected chi connectivity index (χ1v) is 9.43. The summed E-state index contributed by atoms with van der Waals surface area (Å²) < 4.78 is 0. The molecule has 1 aliphatic heterocycles. The molecule has 0 radical (unpaired) electrons. The summed E-state index contributed by atoms with van der Waals surface area (Å²) in [6.07, 6.45) is 1.41. The van der Waals surface area contributed by atoms with E-state index in [1.807, 2.05) is 55.5 Å². The lowest BCUT2D eigenvalue weighted by Gasteiger charge is -2.21. The van der Waals surface area contributed by atoms with E-state index < -0.39 is 0 Å². The zero-order chi connectivity index (χ0) is 17.8. The second kappa shape index (κ2) is 7.93. The van der Waals surface area contributed by atoms with Gasteiger partial charge in [0.15, 0.2) is 0 Å². The number of halogens is 1. The smallest absolute Gasteiger partial charge is 0.237 e. The molecule has 2 aromatic carbocycles. The van der Waals surface area contributed by atoms with E-state index in [-0.39, 0.29) is 17.1 Å². The van der Waals surface area contributed by atoms with E-state index in [2.05, 4.69) is 5.32 Å². The number of nitrogens with zero attached hydrogens (tertiary/aromatic N) is 1. The van der Waals surface area contributed by atoms with Crippen LogP contribution in [0, 0.1) is 0 Å². The van der Waals surface area contributed by atoms with Gasteiger partial charge in [-0.15, -0.1) is 11.8 Å². The SMILES string of the molecule is CC(Sc1ccc(Cl)cc1)C(=O)Nc1ccccc1N1CCCC1=O. The Balaban J connectivity index is 1.70. The Morgan fingerprint density at radius 3 is 2.60 bits per heavy atom. The van der Waals surface area contributed by atoms with Gasteiger partial charge in [-0.3, -0.25) is 9.59 Å². The minimum absolute atomic E-state index is 0.0981. The van der Waals surface area contributed by atoms with E-state index in [0.717, 1.165) is 17.0 Å². The van der Waals surface area contributed by atoms with Crippen LogP contribution in [0.2, 0.25) is 5.02 Å². The van der Waals surface area contributed by atoms with Gasteiger partial charge in [0.05, 0.1) is 16.6 Å². The van der Waals surface area contributed by atoms with Gasteiger partial charge in [-0.05, 0) is 49.7 Å². The molecule has 1 atom stereocenters. The quantitative estimate of drug-likeness (QED) is 0.779. The lowest BCUT2D eigenvalue weighted by atomic mass is 10.2. The fraction of sp³-hybridized carbons (Fsp3) is 0.263. The summed E-state index contributed by atoms with van der Waals surface area (Å²) in [4.78, 5) is 27.3. The van der Waals surface area contributed by atoms with E-state index in [1.165, 1.54) is 11.8 Å². The summed E-state index contributed by atoms with van der Waals surface area (Å²) in [5.41, 5.74) is 1.44. The van der Waals surface area contributed by atoms with Crippen LogP contribution in [-0.2, 0) is 9.59 Å². The fourth-order valence-corrected chi connectivity index (χ4v) is 3.72. The first-order chi connectivity index (χ1) is 12.0. The average molecular weight is 375 g/mol. The van der Waals surface area contributed by atoms with Crippen molar-refractivity contribution in [2.24, 2.45) is 0 Å². The monoisotopic (exact) mass is 374 g/mol. The molecule has 2 aromatic rings. The Bertz CT molecular complexity index is 779. The molecule has 1 fully saturated rings. The van der Waals surface area contributed by atoms with Crippen molar-refractivity contribution in [3.05, 3.63) is 53.6 Å². The zero-order valence-corrected chi connectivity index (χ0v) is 15.4. The predicted octanol–water partition coefficient (Wildman–Crippen LogP) is 4.59. The average Bonchev–Trinajstić information content (AvgIpc) is 3.03. The molecule has 0 saturated carbocycles. The van der Waals surface area contributed by atoms with Crippen molar-refractivity contribution in [2.45, 2.75) is 29.9 Å². The van der Waals surface area contributed by atoms with Crippen molar-refractivity contribution in [1.29, 1.82) is 0 Å². The topological polar surface area (TPSA) is 49.4 Å². The fourth-order valence-electron chi connectivity index (χ4n) is 2.72. The molecule has 6 heteroatoms. The Kier molecular flexibility index (Phi) is 5.66. The van der Waals surface area contributed by atoms with Crippen LogP contribution in [0.25, 0.3) is 0 Å². The van der Waals surface area contributed by atoms with Crippen LogP contribution in [0.1, 0.15) is 19.8 Å². The molecule has 1 aliphatic rings. The van der Waals surface area contributed by atoms with E-state index >= 15 is 0 Å². The van der Waals surface area contributed by atoms with Gasteiger partial charge >= 0.3 is 0 Å². The summed E-state index contributed by atoms with van der Waals surface area (Å²) in [6.45, 7) is 2.55. The molecule has 25 heavy (non-hydrogen) atoms. The third-order valence-electron chi connectivity index (χ3n) is 4.02. The molecule has 1 heterocycles. The van der Waals surface area contributed by atoms with Crippen molar-refractivity contribution in [3.63, 3.8) is 0 Å². The molecule has 1 N–H and O–H groups in total. The molecule has 4 nitrogen and oxygen atoms in total. The highest BCUT2D eigenvalue weighted by Crippen LogP contribution is 2.31. The summed E-state index contributed by atoms with van der Waals surface area (Å²) in [7, 11) is 0. The van der Waals surface area contributed by atoms with Crippen molar-refractivity contribution in [1.82, 2.24) is 0 Å². The first kappa shape index (κ1) is 17.8. The summed E-state index contributed by atoms with van der Waals surface area (Å²) in [5.74, 6) is 0.00401. The minimum atomic E-state index is -0.275. The van der Waals surface area contributed by atoms with Crippen molar-refractivity contribution < 1.29 is 9.59 Å². The number of hydrogen-bond acceptors (Lipinski definition) is 3. The van der Waals surface area contributed by atoms with E-state index in [0.29, 0.717) is 23.7 Å². The van der Waals surface area contributed by atoms with Crippen LogP contribution < -0.4 is 10.2 Å². The number of hydrogen-bond donors (Lipinski definition) is 1. The van der Waals surface area contributed by atoms with Gasteiger partial charge in [0.2, 0.25) is 11.8 Å². The van der Waals surface area contributed by atoms with Gasteiger partial charge in [-0.25, -0.2) is 0 Å². The number of amides is 2. The van der Waals surface area contributed by atoms with Gasteiger partial charge in [0.25, 0.3) is 0 Å². The van der Waals surface area contributed by atoms with Crippen molar-refractivity contribution in [3.8, 4) is 0 Å². The predicted molar refractivity (Wildman–Crippen MR) is 103 cm³/mol. The summed E-state index contributed by atoms with van der Waals surface area (Å²) in [5, 5.41) is 3.36. The van der Waals surface area contributed by atoms with Crippen molar-refractivity contribution in [2.75, 3.05) is 16.8 Å². The Morgan fingerprint density at radius 1 is 1.20 bits per heavy atom. The Morgan fingerprint density at radius 2 is 1.92 bits per heavy atom. The molecule has 0 bridgehead atoms. The largest absolute Gasteiger partial charge is 0.323 e.